The van der Waals surface area contributed by atoms with Crippen molar-refractivity contribution in [1.82, 2.24) is 10.2 Å². The van der Waals surface area contributed by atoms with E-state index in [9.17, 15) is 0 Å². The molecule has 0 fully saturated rings. The van der Waals surface area contributed by atoms with Gasteiger partial charge < -0.3 is 4.42 Å². The molecule has 0 N–H and O–H groups in total. The van der Waals surface area contributed by atoms with Gasteiger partial charge in [-0.3, -0.25) is 0 Å². The monoisotopic (exact) mass is 360 g/mol. The van der Waals surface area contributed by atoms with Crippen molar-refractivity contribution in [3.63, 3.8) is 0 Å². The smallest absolute Gasteiger partial charge is 0.226 e. The van der Waals surface area contributed by atoms with E-state index in [0.717, 1.165) is 4.47 Å². The highest BCUT2D eigenvalue weighted by atomic mass is 79.9. The van der Waals surface area contributed by atoms with Crippen molar-refractivity contribution in [2.75, 3.05) is 0 Å². The van der Waals surface area contributed by atoms with Crippen LogP contribution in [-0.4, -0.2) is 10.2 Å². The topological polar surface area (TPSA) is 38.9 Å². The van der Waals surface area contributed by atoms with Crippen LogP contribution in [0.4, 0.5) is 0 Å². The van der Waals surface area contributed by atoms with Crippen LogP contribution in [0.5, 0.6) is 0 Å². The molecule has 0 atom stereocenters. The fourth-order valence-corrected chi connectivity index (χ4v) is 3.23. The second-order valence-corrected chi connectivity index (χ2v) is 6.46. The Morgan fingerprint density at radius 2 is 1.76 bits per heavy atom. The zero-order valence-corrected chi connectivity index (χ0v) is 13.6. The molecular formula is C16H13BrN2OS. The summed E-state index contributed by atoms with van der Waals surface area (Å²) in [7, 11) is 0. The summed E-state index contributed by atoms with van der Waals surface area (Å²) >= 11 is 5.15. The highest BCUT2D eigenvalue weighted by Gasteiger charge is 2.07. The van der Waals surface area contributed by atoms with Gasteiger partial charge >= 0.3 is 0 Å². The van der Waals surface area contributed by atoms with Crippen LogP contribution < -0.4 is 0 Å². The fraction of sp³-hybridized carbons (Fsp3) is 0.125. The van der Waals surface area contributed by atoms with E-state index < -0.39 is 0 Å². The van der Waals surface area contributed by atoms with Gasteiger partial charge in [-0.05, 0) is 23.8 Å². The summed E-state index contributed by atoms with van der Waals surface area (Å²) in [5, 5.41) is 8.20. The highest BCUT2D eigenvalue weighted by Crippen LogP contribution is 2.25. The molecule has 0 amide bonds. The van der Waals surface area contributed by atoms with Gasteiger partial charge in [-0.15, -0.1) is 22.0 Å². The Bertz CT molecular complexity index is 715. The zero-order chi connectivity index (χ0) is 14.5. The summed E-state index contributed by atoms with van der Waals surface area (Å²) in [5.41, 5.74) is 1.17. The van der Waals surface area contributed by atoms with E-state index in [1.807, 2.05) is 30.3 Å². The molecule has 0 spiro atoms. The Kier molecular flexibility index (Phi) is 4.72. The third-order valence-electron chi connectivity index (χ3n) is 2.87. The predicted molar refractivity (Wildman–Crippen MR) is 87.2 cm³/mol. The zero-order valence-electron chi connectivity index (χ0n) is 11.2. The van der Waals surface area contributed by atoms with E-state index >= 15 is 0 Å². The van der Waals surface area contributed by atoms with E-state index in [1.165, 1.54) is 10.5 Å². The first-order valence-corrected chi connectivity index (χ1v) is 8.31. The second-order valence-electron chi connectivity index (χ2n) is 4.50. The molecular weight excluding hydrogens is 348 g/mol. The lowest BCUT2D eigenvalue weighted by molar-refractivity contribution is 0.474. The third kappa shape index (κ3) is 4.19. The molecule has 0 saturated heterocycles. The largest absolute Gasteiger partial charge is 0.424 e. The van der Waals surface area contributed by atoms with E-state index in [2.05, 4.69) is 50.4 Å². The molecule has 0 aliphatic heterocycles. The van der Waals surface area contributed by atoms with E-state index in [1.54, 1.807) is 11.8 Å². The average molecular weight is 361 g/mol. The minimum absolute atomic E-state index is 0.658. The molecule has 0 aliphatic carbocycles. The van der Waals surface area contributed by atoms with Crippen molar-refractivity contribution in [2.45, 2.75) is 17.1 Å². The SMILES string of the molecule is Brc1cccc(SCc2nnc(Cc3ccccc3)o2)c1. The van der Waals surface area contributed by atoms with Crippen LogP contribution in [0.2, 0.25) is 0 Å². The molecule has 0 radical (unpaired) electrons. The standard InChI is InChI=1S/C16H13BrN2OS/c17-13-7-4-8-14(10-13)21-11-16-19-18-15(20-16)9-12-5-2-1-3-6-12/h1-8,10H,9,11H2. The van der Waals surface area contributed by atoms with Gasteiger partial charge in [0.15, 0.2) is 0 Å². The average Bonchev–Trinajstić information content (AvgIpc) is 2.94. The Morgan fingerprint density at radius 3 is 2.57 bits per heavy atom. The first-order valence-electron chi connectivity index (χ1n) is 6.53. The fourth-order valence-electron chi connectivity index (χ4n) is 1.89. The molecule has 1 aromatic heterocycles. The Labute approximate surface area is 135 Å². The minimum atomic E-state index is 0.658. The minimum Gasteiger partial charge on any atom is -0.424 e. The number of hydrogen-bond acceptors (Lipinski definition) is 4. The summed E-state index contributed by atoms with van der Waals surface area (Å²) in [6.07, 6.45) is 0.676. The summed E-state index contributed by atoms with van der Waals surface area (Å²) in [5.74, 6) is 2.00. The normalized spacial score (nSPS) is 10.7. The lowest BCUT2D eigenvalue weighted by atomic mass is 10.2. The van der Waals surface area contributed by atoms with Crippen LogP contribution in [0, 0.1) is 0 Å². The van der Waals surface area contributed by atoms with E-state index in [-0.39, 0.29) is 0 Å². The summed E-state index contributed by atoms with van der Waals surface area (Å²) < 4.78 is 6.76. The van der Waals surface area contributed by atoms with Crippen molar-refractivity contribution in [3.05, 3.63) is 76.4 Å². The molecule has 0 saturated carbocycles. The van der Waals surface area contributed by atoms with Gasteiger partial charge in [0.2, 0.25) is 11.8 Å². The van der Waals surface area contributed by atoms with Gasteiger partial charge in [0.25, 0.3) is 0 Å². The molecule has 3 nitrogen and oxygen atoms in total. The number of benzene rings is 2. The number of thioether (sulfide) groups is 1. The molecule has 0 aliphatic rings. The van der Waals surface area contributed by atoms with Gasteiger partial charge in [-0.2, -0.15) is 0 Å². The van der Waals surface area contributed by atoms with Gasteiger partial charge in [-0.1, -0.05) is 52.3 Å². The summed E-state index contributed by atoms with van der Waals surface area (Å²) in [6.45, 7) is 0. The lowest BCUT2D eigenvalue weighted by Gasteiger charge is -1.99. The molecule has 21 heavy (non-hydrogen) atoms. The van der Waals surface area contributed by atoms with Gasteiger partial charge in [0, 0.05) is 9.37 Å². The third-order valence-corrected chi connectivity index (χ3v) is 4.34. The number of aromatic nitrogens is 2. The van der Waals surface area contributed by atoms with Crippen molar-refractivity contribution in [2.24, 2.45) is 0 Å². The lowest BCUT2D eigenvalue weighted by Crippen LogP contribution is -1.87. The van der Waals surface area contributed by atoms with Crippen LogP contribution in [0.25, 0.3) is 0 Å². The second kappa shape index (κ2) is 6.91. The van der Waals surface area contributed by atoms with E-state index in [4.69, 9.17) is 4.42 Å². The maximum absolute atomic E-state index is 5.68. The van der Waals surface area contributed by atoms with Gasteiger partial charge in [0.05, 0.1) is 12.2 Å². The molecule has 3 aromatic rings. The van der Waals surface area contributed by atoms with Crippen LogP contribution in [0.3, 0.4) is 0 Å². The van der Waals surface area contributed by atoms with Crippen LogP contribution in [0.1, 0.15) is 17.3 Å². The highest BCUT2D eigenvalue weighted by molar-refractivity contribution is 9.10. The number of hydrogen-bond donors (Lipinski definition) is 0. The molecule has 5 heteroatoms. The van der Waals surface area contributed by atoms with Crippen molar-refractivity contribution >= 4 is 27.7 Å². The van der Waals surface area contributed by atoms with Crippen LogP contribution >= 0.6 is 27.7 Å². The maximum Gasteiger partial charge on any atom is 0.226 e. The first kappa shape index (κ1) is 14.4. The van der Waals surface area contributed by atoms with Crippen LogP contribution in [0.15, 0.2) is 68.4 Å². The Morgan fingerprint density at radius 1 is 0.952 bits per heavy atom. The predicted octanol–water partition coefficient (Wildman–Crippen LogP) is 4.72. The Balaban J connectivity index is 1.60. The van der Waals surface area contributed by atoms with Gasteiger partial charge in [0.1, 0.15) is 0 Å². The molecule has 0 unspecified atom stereocenters. The molecule has 106 valence electrons. The Hall–Kier alpha value is -1.59. The van der Waals surface area contributed by atoms with Crippen molar-refractivity contribution in [1.29, 1.82) is 0 Å². The molecule has 1 heterocycles. The number of rotatable bonds is 5. The number of nitrogens with zero attached hydrogens (tertiary/aromatic N) is 2. The first-order chi connectivity index (χ1) is 10.3. The summed E-state index contributed by atoms with van der Waals surface area (Å²) in [6, 6.07) is 18.3. The quantitative estimate of drug-likeness (QED) is 0.617. The molecule has 0 bridgehead atoms. The van der Waals surface area contributed by atoms with Crippen molar-refractivity contribution in [3.8, 4) is 0 Å². The number of halogens is 1. The van der Waals surface area contributed by atoms with Crippen molar-refractivity contribution < 1.29 is 4.42 Å². The molecule has 3 rings (SSSR count). The maximum atomic E-state index is 5.68. The van der Waals surface area contributed by atoms with Gasteiger partial charge in [-0.25, -0.2) is 0 Å². The molecule has 2 aromatic carbocycles. The summed E-state index contributed by atoms with van der Waals surface area (Å²) in [4.78, 5) is 1.17. The van der Waals surface area contributed by atoms with E-state index in [0.29, 0.717) is 24.0 Å². The van der Waals surface area contributed by atoms with Crippen LogP contribution in [-0.2, 0) is 12.2 Å².